The second kappa shape index (κ2) is 9.59. The molecule has 1 heterocycles. The normalized spacial score (nSPS) is 17.0. The maximum atomic E-state index is 2.74. The first-order chi connectivity index (χ1) is 15.4. The molecule has 0 saturated heterocycles. The summed E-state index contributed by atoms with van der Waals surface area (Å²) < 4.78 is 2.74. The van der Waals surface area contributed by atoms with Gasteiger partial charge in [0.15, 0.2) is 8.24 Å². The number of hydrogen-bond donors (Lipinski definition) is 0. The first-order valence-corrected chi connectivity index (χ1v) is 14.3. The van der Waals surface area contributed by atoms with Crippen LogP contribution in [-0.2, 0) is 0 Å². The maximum Gasteiger partial charge on any atom is 0.169 e. The van der Waals surface area contributed by atoms with E-state index in [1.165, 1.54) is 27.9 Å². The minimum absolute atomic E-state index is 0.227. The van der Waals surface area contributed by atoms with Crippen molar-refractivity contribution in [3.05, 3.63) is 110 Å². The largest absolute Gasteiger partial charge is 0.373 e. The lowest BCUT2D eigenvalue weighted by molar-refractivity contribution is 0.772. The highest BCUT2D eigenvalue weighted by molar-refractivity contribution is 6.82. The molecule has 0 N–H and O–H groups in total. The van der Waals surface area contributed by atoms with Crippen molar-refractivity contribution in [3.63, 3.8) is 0 Å². The van der Waals surface area contributed by atoms with Crippen LogP contribution in [0.3, 0.4) is 0 Å². The molecule has 4 rings (SSSR count). The van der Waals surface area contributed by atoms with Crippen molar-refractivity contribution in [2.45, 2.75) is 64.1 Å². The van der Waals surface area contributed by atoms with Crippen LogP contribution in [0.25, 0.3) is 10.9 Å². The Morgan fingerprint density at radius 2 is 1.28 bits per heavy atom. The number of fused-ring (bicyclic) bond motifs is 1. The van der Waals surface area contributed by atoms with Gasteiger partial charge in [0.2, 0.25) is 0 Å². The maximum absolute atomic E-state index is 2.74. The second-order valence-corrected chi connectivity index (χ2v) is 15.8. The van der Waals surface area contributed by atoms with Gasteiger partial charge in [-0.25, -0.2) is 0 Å². The minimum atomic E-state index is -1.82. The summed E-state index contributed by atoms with van der Waals surface area (Å²) >= 11 is 0. The molecule has 1 aromatic heterocycles. The van der Waals surface area contributed by atoms with Gasteiger partial charge in [0.05, 0.1) is 0 Å². The zero-order valence-corrected chi connectivity index (χ0v) is 21.4. The van der Waals surface area contributed by atoms with Gasteiger partial charge in [-0.2, -0.15) is 0 Å². The molecule has 1 fully saturated rings. The second-order valence-electron chi connectivity index (χ2n) is 10.1. The highest BCUT2D eigenvalue weighted by atomic mass is 28.3. The first kappa shape index (κ1) is 23.4. The molecule has 0 spiro atoms. The Morgan fingerprint density at radius 3 is 1.88 bits per heavy atom. The molecule has 1 saturated carbocycles. The Kier molecular flexibility index (Phi) is 7.00. The van der Waals surface area contributed by atoms with Crippen molar-refractivity contribution in [2.75, 3.05) is 0 Å². The number of benzene rings is 2. The molecule has 6 radical (unpaired) electrons. The molecule has 1 unspecified atom stereocenters. The van der Waals surface area contributed by atoms with Gasteiger partial charge < -0.3 is 4.23 Å². The Hall–Kier alpha value is -1.80. The summed E-state index contributed by atoms with van der Waals surface area (Å²) in [5, 5.41) is 1.39. The summed E-state index contributed by atoms with van der Waals surface area (Å²) in [5.41, 5.74) is 6.15. The van der Waals surface area contributed by atoms with Crippen molar-refractivity contribution in [1.29, 1.82) is 0 Å². The van der Waals surface area contributed by atoms with Crippen molar-refractivity contribution in [2.24, 2.45) is 0 Å². The third-order valence-corrected chi connectivity index (χ3v) is 14.3. The van der Waals surface area contributed by atoms with Crippen LogP contribution in [0.4, 0.5) is 0 Å². The molecule has 0 bridgehead atoms. The lowest BCUT2D eigenvalue weighted by atomic mass is 9.73. The van der Waals surface area contributed by atoms with Crippen molar-refractivity contribution in [1.82, 2.24) is 4.23 Å². The van der Waals surface area contributed by atoms with Crippen LogP contribution in [0.15, 0.2) is 60.8 Å². The van der Waals surface area contributed by atoms with Crippen molar-refractivity contribution >= 4 is 19.1 Å². The fourth-order valence-electron chi connectivity index (χ4n) is 6.46. The van der Waals surface area contributed by atoms with E-state index in [4.69, 9.17) is 0 Å². The summed E-state index contributed by atoms with van der Waals surface area (Å²) in [6, 6.07) is 20.3. The lowest BCUT2D eigenvalue weighted by Gasteiger charge is -2.44. The minimum Gasteiger partial charge on any atom is -0.373 e. The molecule has 0 aliphatic heterocycles. The van der Waals surface area contributed by atoms with Gasteiger partial charge in [0, 0.05) is 16.8 Å². The summed E-state index contributed by atoms with van der Waals surface area (Å²) in [5.74, 6) is 1.57. The molecule has 1 nitrogen and oxygen atoms in total. The molecule has 3 aromatic rings. The van der Waals surface area contributed by atoms with Gasteiger partial charge in [-0.05, 0) is 84.1 Å². The van der Waals surface area contributed by atoms with E-state index in [1.54, 1.807) is 0 Å². The SMILES string of the molecule is CC(C)[Si](C(C)C)(C(C)C)n1ccc2c(C([C]3[CH][CH][CH][CH][CH]3)c3ccccc3)cccc21. The zero-order chi connectivity index (χ0) is 22.9. The molecular formula is C30H37NSi. The summed E-state index contributed by atoms with van der Waals surface area (Å²) in [4.78, 5) is 0. The van der Waals surface area contributed by atoms with Gasteiger partial charge in [-0.1, -0.05) is 84.0 Å². The van der Waals surface area contributed by atoms with Gasteiger partial charge in [0.25, 0.3) is 0 Å². The third kappa shape index (κ3) is 3.89. The van der Waals surface area contributed by atoms with Crippen molar-refractivity contribution < 1.29 is 0 Å². The predicted molar refractivity (Wildman–Crippen MR) is 141 cm³/mol. The van der Waals surface area contributed by atoms with E-state index < -0.39 is 8.24 Å². The topological polar surface area (TPSA) is 4.93 Å². The van der Waals surface area contributed by atoms with Crippen LogP contribution in [0.1, 0.15) is 58.6 Å². The van der Waals surface area contributed by atoms with Gasteiger partial charge in [-0.15, -0.1) is 0 Å². The molecule has 0 amide bonds. The molecule has 166 valence electrons. The fourth-order valence-corrected chi connectivity index (χ4v) is 13.1. The summed E-state index contributed by atoms with van der Waals surface area (Å²) in [7, 11) is -1.82. The van der Waals surface area contributed by atoms with Crippen LogP contribution in [-0.4, -0.2) is 12.5 Å². The average Bonchev–Trinajstić information content (AvgIpc) is 3.20. The zero-order valence-electron chi connectivity index (χ0n) is 20.4. The van der Waals surface area contributed by atoms with Crippen LogP contribution < -0.4 is 0 Å². The highest BCUT2D eigenvalue weighted by Gasteiger charge is 2.45. The summed E-state index contributed by atoms with van der Waals surface area (Å²) in [6.07, 6.45) is 13.4. The lowest BCUT2D eigenvalue weighted by Crippen LogP contribution is -2.51. The van der Waals surface area contributed by atoms with Gasteiger partial charge >= 0.3 is 0 Å². The number of aromatic nitrogens is 1. The van der Waals surface area contributed by atoms with E-state index in [0.29, 0.717) is 16.6 Å². The van der Waals surface area contributed by atoms with Gasteiger partial charge in [-0.3, -0.25) is 0 Å². The number of nitrogens with zero attached hydrogens (tertiary/aromatic N) is 1. The van der Waals surface area contributed by atoms with E-state index in [-0.39, 0.29) is 5.92 Å². The number of rotatable bonds is 7. The average molecular weight is 440 g/mol. The van der Waals surface area contributed by atoms with E-state index in [9.17, 15) is 0 Å². The molecule has 2 aromatic carbocycles. The highest BCUT2D eigenvalue weighted by Crippen LogP contribution is 2.47. The first-order valence-electron chi connectivity index (χ1n) is 12.1. The standard InChI is InChI=1S/C30H37NSi/c1-22(2)32(23(3)4,24(5)6)31-21-20-27-28(18-13-19-29(27)31)30(25-14-9-7-10-15-25)26-16-11-8-12-17-26/h7-24,30H,1-6H3. The van der Waals surface area contributed by atoms with E-state index >= 15 is 0 Å². The Labute approximate surface area is 197 Å². The monoisotopic (exact) mass is 439 g/mol. The smallest absolute Gasteiger partial charge is 0.169 e. The quantitative estimate of drug-likeness (QED) is 0.326. The molecule has 1 aliphatic carbocycles. The van der Waals surface area contributed by atoms with Crippen LogP contribution in [0, 0.1) is 38.0 Å². The van der Waals surface area contributed by atoms with Crippen LogP contribution >= 0.6 is 0 Å². The van der Waals surface area contributed by atoms with E-state index in [0.717, 1.165) is 0 Å². The van der Waals surface area contributed by atoms with Crippen molar-refractivity contribution in [3.8, 4) is 0 Å². The molecule has 2 heteroatoms. The Morgan fingerprint density at radius 1 is 0.656 bits per heavy atom. The molecule has 1 aliphatic rings. The van der Waals surface area contributed by atoms with Crippen LogP contribution in [0.2, 0.25) is 16.6 Å². The molecule has 32 heavy (non-hydrogen) atoms. The molecular weight excluding hydrogens is 402 g/mol. The predicted octanol–water partition coefficient (Wildman–Crippen LogP) is 8.41. The number of hydrogen-bond acceptors (Lipinski definition) is 0. The fraction of sp³-hybridized carbons (Fsp3) is 0.333. The van der Waals surface area contributed by atoms with E-state index in [2.05, 4.69) is 139 Å². The molecule has 1 atom stereocenters. The summed E-state index contributed by atoms with van der Waals surface area (Å²) in [6.45, 7) is 14.7. The van der Waals surface area contributed by atoms with E-state index in [1.807, 2.05) is 0 Å². The third-order valence-electron chi connectivity index (χ3n) is 7.54. The van der Waals surface area contributed by atoms with Gasteiger partial charge in [0.1, 0.15) is 0 Å². The Balaban J connectivity index is 1.91. The Bertz CT molecular complexity index is 986. The van der Waals surface area contributed by atoms with Crippen LogP contribution in [0.5, 0.6) is 0 Å².